The van der Waals surface area contributed by atoms with E-state index < -0.39 is 60.5 Å². The summed E-state index contributed by atoms with van der Waals surface area (Å²) in [5.41, 5.74) is -12.7. The van der Waals surface area contributed by atoms with Gasteiger partial charge in [-0.05, 0) is 19.1 Å². The second kappa shape index (κ2) is 6.94. The van der Waals surface area contributed by atoms with E-state index in [-0.39, 0.29) is 0 Å². The van der Waals surface area contributed by atoms with Crippen molar-refractivity contribution < 1.29 is 56.3 Å². The van der Waals surface area contributed by atoms with Crippen molar-refractivity contribution in [3.63, 3.8) is 0 Å². The Morgan fingerprint density at radius 1 is 0.885 bits per heavy atom. The van der Waals surface area contributed by atoms with Gasteiger partial charge >= 0.3 is 31.3 Å². The lowest BCUT2D eigenvalue weighted by atomic mass is 10.1. The van der Waals surface area contributed by atoms with Crippen LogP contribution in [0.4, 0.5) is 26.3 Å². The zero-order valence-electron chi connectivity index (χ0n) is 12.4. The highest BCUT2D eigenvalue weighted by molar-refractivity contribution is 7.88. The second-order valence-electron chi connectivity index (χ2n) is 4.58. The van der Waals surface area contributed by atoms with E-state index in [1.54, 1.807) is 0 Å². The lowest BCUT2D eigenvalue weighted by Gasteiger charge is -2.16. The summed E-state index contributed by atoms with van der Waals surface area (Å²) in [7, 11) is -12.5. The van der Waals surface area contributed by atoms with Gasteiger partial charge in [-0.2, -0.15) is 43.2 Å². The zero-order valence-corrected chi connectivity index (χ0v) is 14.0. The van der Waals surface area contributed by atoms with E-state index in [2.05, 4.69) is 8.37 Å². The maximum absolute atomic E-state index is 12.4. The Hall–Kier alpha value is -2.03. The fourth-order valence-electron chi connectivity index (χ4n) is 1.46. The third-order valence-electron chi connectivity index (χ3n) is 2.48. The van der Waals surface area contributed by atoms with Gasteiger partial charge in [-0.15, -0.1) is 0 Å². The lowest BCUT2D eigenvalue weighted by Crippen LogP contribution is -2.29. The Bertz CT molecular complexity index is 836. The van der Waals surface area contributed by atoms with Gasteiger partial charge in [-0.3, -0.25) is 4.79 Å². The molecule has 0 unspecified atom stereocenters. The van der Waals surface area contributed by atoms with E-state index >= 15 is 0 Å². The molecule has 1 aromatic carbocycles. The predicted octanol–water partition coefficient (Wildman–Crippen LogP) is 2.27. The van der Waals surface area contributed by atoms with Crippen LogP contribution in [0, 0.1) is 0 Å². The fourth-order valence-corrected chi connectivity index (χ4v) is 2.43. The van der Waals surface area contributed by atoms with Crippen LogP contribution in [0.5, 0.6) is 11.5 Å². The molecule has 0 saturated heterocycles. The number of hydrogen-bond acceptors (Lipinski definition) is 7. The van der Waals surface area contributed by atoms with Crippen molar-refractivity contribution in [1.29, 1.82) is 0 Å². The molecule has 0 aliphatic rings. The van der Waals surface area contributed by atoms with Crippen LogP contribution in [0.3, 0.4) is 0 Å². The molecule has 7 nitrogen and oxygen atoms in total. The van der Waals surface area contributed by atoms with Gasteiger partial charge in [0.1, 0.15) is 17.3 Å². The maximum atomic E-state index is 12.4. The zero-order chi connectivity index (χ0) is 20.6. The molecular formula is C11H8F6O7S2. The van der Waals surface area contributed by atoms with Crippen LogP contribution in [0.1, 0.15) is 12.5 Å². The van der Waals surface area contributed by atoms with Crippen LogP contribution in [-0.2, 0) is 31.5 Å². The third-order valence-corrected chi connectivity index (χ3v) is 4.41. The van der Waals surface area contributed by atoms with Crippen molar-refractivity contribution >= 4 is 26.0 Å². The number of carbonyl (C=O) groups is 1. The molecule has 0 aliphatic heterocycles. The lowest BCUT2D eigenvalue weighted by molar-refractivity contribution is -0.116. The largest absolute Gasteiger partial charge is 0.534 e. The number of benzene rings is 1. The summed E-state index contributed by atoms with van der Waals surface area (Å²) in [6.45, 7) is 0.858. The first-order valence-corrected chi connectivity index (χ1v) is 8.92. The minimum Gasteiger partial charge on any atom is -0.376 e. The summed E-state index contributed by atoms with van der Waals surface area (Å²) < 4.78 is 126. The Balaban J connectivity index is 3.50. The monoisotopic (exact) mass is 430 g/mol. The minimum absolute atomic E-state index is 0.578. The van der Waals surface area contributed by atoms with Gasteiger partial charge < -0.3 is 8.37 Å². The molecule has 0 atom stereocenters. The van der Waals surface area contributed by atoms with Crippen LogP contribution in [-0.4, -0.2) is 33.6 Å². The van der Waals surface area contributed by atoms with Gasteiger partial charge in [0.25, 0.3) is 0 Å². The molecule has 0 saturated carbocycles. The molecule has 0 heterocycles. The van der Waals surface area contributed by atoms with Gasteiger partial charge in [0.2, 0.25) is 0 Å². The molecule has 0 aromatic heterocycles. The topological polar surface area (TPSA) is 104 Å². The van der Waals surface area contributed by atoms with Crippen molar-refractivity contribution in [1.82, 2.24) is 0 Å². The quantitative estimate of drug-likeness (QED) is 0.387. The third kappa shape index (κ3) is 5.00. The first kappa shape index (κ1) is 22.0. The Morgan fingerprint density at radius 3 is 1.50 bits per heavy atom. The molecule has 26 heavy (non-hydrogen) atoms. The smallest absolute Gasteiger partial charge is 0.376 e. The van der Waals surface area contributed by atoms with E-state index in [4.69, 9.17) is 0 Å². The van der Waals surface area contributed by atoms with E-state index in [1.807, 2.05) is 0 Å². The maximum Gasteiger partial charge on any atom is 0.534 e. The first-order valence-electron chi connectivity index (χ1n) is 6.11. The highest BCUT2D eigenvalue weighted by Crippen LogP contribution is 2.36. The highest BCUT2D eigenvalue weighted by atomic mass is 32.2. The highest BCUT2D eigenvalue weighted by Gasteiger charge is 2.50. The average Bonchev–Trinajstić information content (AvgIpc) is 2.38. The molecule has 15 heteroatoms. The molecule has 1 aromatic rings. The molecule has 0 amide bonds. The Morgan fingerprint density at radius 2 is 1.23 bits per heavy atom. The van der Waals surface area contributed by atoms with Gasteiger partial charge in [-0.1, -0.05) is 6.07 Å². The van der Waals surface area contributed by atoms with Crippen molar-refractivity contribution in [3.8, 4) is 11.5 Å². The van der Waals surface area contributed by atoms with Crippen LogP contribution in [0.25, 0.3) is 0 Å². The van der Waals surface area contributed by atoms with Crippen LogP contribution in [0.15, 0.2) is 18.2 Å². The van der Waals surface area contributed by atoms with Crippen molar-refractivity contribution in [3.05, 3.63) is 23.8 Å². The SMILES string of the molecule is CC(=O)Cc1c(OS(=O)(=O)C(F)(F)F)cccc1OS(=O)(=O)C(F)(F)F. The van der Waals surface area contributed by atoms with E-state index in [0.29, 0.717) is 18.2 Å². The summed E-state index contributed by atoms with van der Waals surface area (Å²) in [6.07, 6.45) is -0.966. The van der Waals surface area contributed by atoms with Crippen LogP contribution >= 0.6 is 0 Å². The number of carbonyl (C=O) groups excluding carboxylic acids is 1. The Labute approximate surface area is 142 Å². The van der Waals surface area contributed by atoms with Crippen molar-refractivity contribution in [2.45, 2.75) is 24.4 Å². The molecule has 0 aliphatic carbocycles. The molecule has 0 fully saturated rings. The molecule has 148 valence electrons. The predicted molar refractivity (Wildman–Crippen MR) is 72.0 cm³/mol. The van der Waals surface area contributed by atoms with E-state index in [1.165, 1.54) is 0 Å². The number of ketones is 1. The summed E-state index contributed by atoms with van der Waals surface area (Å²) >= 11 is 0. The molecule has 0 radical (unpaired) electrons. The number of halogens is 6. The number of Topliss-reactive ketones (excluding diaryl/α,β-unsaturated/α-hetero) is 1. The normalized spacial score (nSPS) is 13.3. The van der Waals surface area contributed by atoms with Crippen molar-refractivity contribution in [2.24, 2.45) is 0 Å². The Kier molecular flexibility index (Phi) is 5.88. The van der Waals surface area contributed by atoms with Crippen LogP contribution < -0.4 is 8.37 Å². The van der Waals surface area contributed by atoms with Crippen molar-refractivity contribution in [2.75, 3.05) is 0 Å². The number of alkyl halides is 6. The van der Waals surface area contributed by atoms with Gasteiger partial charge in [0.15, 0.2) is 0 Å². The second-order valence-corrected chi connectivity index (χ2v) is 7.65. The standard InChI is InChI=1S/C11H8F6O7S2/c1-6(18)5-7-8(23-25(19,20)10(12,13)14)3-2-4-9(7)24-26(21,22)11(15,16)17/h2-4H,5H2,1H3. The summed E-state index contributed by atoms with van der Waals surface area (Å²) in [5, 5.41) is 0. The van der Waals surface area contributed by atoms with Gasteiger partial charge in [0.05, 0.1) is 0 Å². The number of rotatable bonds is 6. The summed E-state index contributed by atoms with van der Waals surface area (Å²) in [6, 6.07) is 1.83. The minimum atomic E-state index is -6.24. The molecule has 1 rings (SSSR count). The van der Waals surface area contributed by atoms with Gasteiger partial charge in [-0.25, -0.2) is 0 Å². The average molecular weight is 430 g/mol. The molecular weight excluding hydrogens is 422 g/mol. The van der Waals surface area contributed by atoms with Crippen LogP contribution in [0.2, 0.25) is 0 Å². The van der Waals surface area contributed by atoms with Gasteiger partial charge in [0, 0.05) is 12.0 Å². The first-order chi connectivity index (χ1) is 11.5. The molecule has 0 N–H and O–H groups in total. The number of hydrogen-bond donors (Lipinski definition) is 0. The fraction of sp³-hybridized carbons (Fsp3) is 0.364. The molecule has 0 bridgehead atoms. The summed E-state index contributed by atoms with van der Waals surface area (Å²) in [5.74, 6) is -3.29. The van der Waals surface area contributed by atoms with E-state index in [0.717, 1.165) is 6.92 Å². The molecule has 0 spiro atoms. The van der Waals surface area contributed by atoms with E-state index in [9.17, 15) is 48.0 Å². The summed E-state index contributed by atoms with van der Waals surface area (Å²) in [4.78, 5) is 11.2.